The van der Waals surface area contributed by atoms with Gasteiger partial charge in [-0.2, -0.15) is 0 Å². The molecule has 0 aromatic carbocycles. The van der Waals surface area contributed by atoms with Crippen molar-refractivity contribution >= 4 is 0 Å². The van der Waals surface area contributed by atoms with Crippen molar-refractivity contribution in [2.45, 2.75) is 82.8 Å². The average Bonchev–Trinajstić information content (AvgIpc) is 3.00. The second-order valence-electron chi connectivity index (χ2n) is 7.29. The fraction of sp³-hybridized carbons (Fsp3) is 1.00. The van der Waals surface area contributed by atoms with Crippen molar-refractivity contribution in [1.82, 2.24) is 10.2 Å². The molecule has 0 amide bonds. The second-order valence-corrected chi connectivity index (χ2v) is 7.29. The highest BCUT2D eigenvalue weighted by molar-refractivity contribution is 5.03. The maximum atomic E-state index is 3.94. The van der Waals surface area contributed by atoms with E-state index in [1.807, 2.05) is 0 Å². The maximum Gasteiger partial charge on any atom is 0.0309 e. The van der Waals surface area contributed by atoms with Crippen molar-refractivity contribution in [3.63, 3.8) is 0 Å². The van der Waals surface area contributed by atoms with Crippen LogP contribution in [0.5, 0.6) is 0 Å². The average molecular weight is 250 g/mol. The Morgan fingerprint density at radius 2 is 1.72 bits per heavy atom. The van der Waals surface area contributed by atoms with Gasteiger partial charge in [-0.25, -0.2) is 0 Å². The van der Waals surface area contributed by atoms with E-state index >= 15 is 0 Å². The molecule has 0 aromatic heterocycles. The lowest BCUT2D eigenvalue weighted by Crippen LogP contribution is -2.66. The van der Waals surface area contributed by atoms with Gasteiger partial charge in [0.05, 0.1) is 0 Å². The van der Waals surface area contributed by atoms with Crippen LogP contribution in [0.3, 0.4) is 0 Å². The number of hydrogen-bond acceptors (Lipinski definition) is 2. The lowest BCUT2D eigenvalue weighted by atomic mass is 9.87. The molecule has 1 heterocycles. The van der Waals surface area contributed by atoms with Crippen LogP contribution in [0, 0.1) is 5.92 Å². The van der Waals surface area contributed by atoms with Crippen LogP contribution in [0.2, 0.25) is 0 Å². The fourth-order valence-corrected chi connectivity index (χ4v) is 4.60. The first-order chi connectivity index (χ1) is 8.70. The SMILES string of the molecule is CC(C)C1CNC2(CCCC2)CN1C1CCCC1. The van der Waals surface area contributed by atoms with Crippen molar-refractivity contribution in [1.29, 1.82) is 0 Å². The molecular weight excluding hydrogens is 220 g/mol. The minimum absolute atomic E-state index is 0.494. The van der Waals surface area contributed by atoms with Crippen molar-refractivity contribution in [2.24, 2.45) is 5.92 Å². The van der Waals surface area contributed by atoms with Crippen LogP contribution >= 0.6 is 0 Å². The van der Waals surface area contributed by atoms with Gasteiger partial charge in [0, 0.05) is 30.7 Å². The first-order valence-corrected chi connectivity index (χ1v) is 8.21. The van der Waals surface area contributed by atoms with Crippen LogP contribution in [0.25, 0.3) is 0 Å². The zero-order chi connectivity index (χ0) is 12.6. The highest BCUT2D eigenvalue weighted by Crippen LogP contribution is 2.37. The van der Waals surface area contributed by atoms with Gasteiger partial charge in [0.15, 0.2) is 0 Å². The largest absolute Gasteiger partial charge is 0.308 e. The smallest absolute Gasteiger partial charge is 0.0309 e. The molecule has 2 saturated carbocycles. The van der Waals surface area contributed by atoms with Crippen molar-refractivity contribution in [3.8, 4) is 0 Å². The normalized spacial score (nSPS) is 33.8. The molecule has 1 N–H and O–H groups in total. The van der Waals surface area contributed by atoms with Crippen molar-refractivity contribution in [2.75, 3.05) is 13.1 Å². The highest BCUT2D eigenvalue weighted by atomic mass is 15.3. The van der Waals surface area contributed by atoms with Crippen LogP contribution < -0.4 is 5.32 Å². The zero-order valence-corrected chi connectivity index (χ0v) is 12.3. The molecular formula is C16H30N2. The van der Waals surface area contributed by atoms with E-state index in [0.717, 1.165) is 18.0 Å². The molecule has 1 saturated heterocycles. The first-order valence-electron chi connectivity index (χ1n) is 8.21. The molecule has 0 radical (unpaired) electrons. The molecule has 18 heavy (non-hydrogen) atoms. The third kappa shape index (κ3) is 2.34. The molecule has 0 aromatic rings. The molecule has 3 aliphatic rings. The minimum atomic E-state index is 0.494. The van der Waals surface area contributed by atoms with Crippen LogP contribution in [0.4, 0.5) is 0 Å². The molecule has 2 heteroatoms. The Hall–Kier alpha value is -0.0800. The number of piperazine rings is 1. The maximum absolute atomic E-state index is 3.94. The number of nitrogens with zero attached hydrogens (tertiary/aromatic N) is 1. The summed E-state index contributed by atoms with van der Waals surface area (Å²) < 4.78 is 0. The molecule has 1 unspecified atom stereocenters. The topological polar surface area (TPSA) is 15.3 Å². The van der Waals surface area contributed by atoms with E-state index in [2.05, 4.69) is 24.1 Å². The molecule has 1 aliphatic heterocycles. The Bertz CT molecular complexity index is 275. The Kier molecular flexibility index (Phi) is 3.68. The van der Waals surface area contributed by atoms with Gasteiger partial charge in [-0.3, -0.25) is 4.90 Å². The van der Waals surface area contributed by atoms with Crippen molar-refractivity contribution < 1.29 is 0 Å². The van der Waals surface area contributed by atoms with Crippen molar-refractivity contribution in [3.05, 3.63) is 0 Å². The van der Waals surface area contributed by atoms with E-state index in [0.29, 0.717) is 5.54 Å². The summed E-state index contributed by atoms with van der Waals surface area (Å²) in [4.78, 5) is 2.92. The molecule has 3 rings (SSSR count). The number of rotatable bonds is 2. The summed E-state index contributed by atoms with van der Waals surface area (Å²) in [5.74, 6) is 0.789. The molecule has 104 valence electrons. The summed E-state index contributed by atoms with van der Waals surface area (Å²) in [5.41, 5.74) is 0.494. The van der Waals surface area contributed by atoms with Gasteiger partial charge in [0.25, 0.3) is 0 Å². The molecule has 0 bridgehead atoms. The molecule has 1 spiro atoms. The summed E-state index contributed by atoms with van der Waals surface area (Å²) in [7, 11) is 0. The molecule has 3 fully saturated rings. The number of hydrogen-bond donors (Lipinski definition) is 1. The molecule has 2 aliphatic carbocycles. The van der Waals surface area contributed by atoms with E-state index in [-0.39, 0.29) is 0 Å². The van der Waals surface area contributed by atoms with Gasteiger partial charge in [-0.1, -0.05) is 39.5 Å². The van der Waals surface area contributed by atoms with Gasteiger partial charge in [-0.15, -0.1) is 0 Å². The highest BCUT2D eigenvalue weighted by Gasteiger charge is 2.44. The van der Waals surface area contributed by atoms with Crippen LogP contribution in [-0.2, 0) is 0 Å². The van der Waals surface area contributed by atoms with Gasteiger partial charge in [0.1, 0.15) is 0 Å². The predicted molar refractivity (Wildman–Crippen MR) is 76.8 cm³/mol. The summed E-state index contributed by atoms with van der Waals surface area (Å²) in [6.07, 6.45) is 11.6. The summed E-state index contributed by atoms with van der Waals surface area (Å²) >= 11 is 0. The van der Waals surface area contributed by atoms with E-state index in [4.69, 9.17) is 0 Å². The fourth-order valence-electron chi connectivity index (χ4n) is 4.60. The van der Waals surface area contributed by atoms with Crippen LogP contribution in [0.15, 0.2) is 0 Å². The van der Waals surface area contributed by atoms with Gasteiger partial charge < -0.3 is 5.32 Å². The monoisotopic (exact) mass is 250 g/mol. The molecule has 2 nitrogen and oxygen atoms in total. The first kappa shape index (κ1) is 12.9. The third-order valence-corrected chi connectivity index (χ3v) is 5.72. The van der Waals surface area contributed by atoms with Gasteiger partial charge >= 0.3 is 0 Å². The van der Waals surface area contributed by atoms with Crippen LogP contribution in [-0.4, -0.2) is 35.6 Å². The minimum Gasteiger partial charge on any atom is -0.308 e. The quantitative estimate of drug-likeness (QED) is 0.810. The van der Waals surface area contributed by atoms with E-state index in [1.165, 1.54) is 64.5 Å². The van der Waals surface area contributed by atoms with E-state index in [9.17, 15) is 0 Å². The third-order valence-electron chi connectivity index (χ3n) is 5.72. The zero-order valence-electron chi connectivity index (χ0n) is 12.3. The Balaban J connectivity index is 1.74. The van der Waals surface area contributed by atoms with Crippen LogP contribution in [0.1, 0.15) is 65.2 Å². The lowest BCUT2D eigenvalue weighted by Gasteiger charge is -2.50. The lowest BCUT2D eigenvalue weighted by molar-refractivity contribution is 0.0238. The van der Waals surface area contributed by atoms with E-state index < -0.39 is 0 Å². The Morgan fingerprint density at radius 1 is 1.06 bits per heavy atom. The summed E-state index contributed by atoms with van der Waals surface area (Å²) in [6.45, 7) is 7.37. The summed E-state index contributed by atoms with van der Waals surface area (Å²) in [5, 5.41) is 3.94. The Morgan fingerprint density at radius 3 is 2.33 bits per heavy atom. The molecule has 1 atom stereocenters. The summed E-state index contributed by atoms with van der Waals surface area (Å²) in [6, 6.07) is 1.68. The Labute approximate surface area is 113 Å². The van der Waals surface area contributed by atoms with E-state index in [1.54, 1.807) is 0 Å². The second kappa shape index (κ2) is 5.13. The number of nitrogens with one attached hydrogen (secondary N) is 1. The van der Waals surface area contributed by atoms with Gasteiger partial charge in [-0.05, 0) is 31.6 Å². The standard InChI is InChI=1S/C16H30N2/c1-13(2)15-11-17-16(9-5-6-10-16)12-18(15)14-7-3-4-8-14/h13-15,17H,3-12H2,1-2H3. The van der Waals surface area contributed by atoms with Gasteiger partial charge in [0.2, 0.25) is 0 Å². The predicted octanol–water partition coefficient (Wildman–Crippen LogP) is 3.17.